The topological polar surface area (TPSA) is 57.8 Å². The van der Waals surface area contributed by atoms with Crippen LogP contribution < -0.4 is 5.32 Å². The number of imidazole rings is 1. The lowest BCUT2D eigenvalue weighted by molar-refractivity contribution is -0.116. The average molecular weight is 350 g/mol. The Bertz CT molecular complexity index is 797. The summed E-state index contributed by atoms with van der Waals surface area (Å²) in [6.45, 7) is 1.96. The zero-order valence-corrected chi connectivity index (χ0v) is 14.2. The smallest absolute Gasteiger partial charge is 0.224 e. The van der Waals surface area contributed by atoms with Crippen molar-refractivity contribution in [3.8, 4) is 11.4 Å². The number of benzene rings is 2. The predicted octanol–water partition coefficient (Wildman–Crippen LogP) is 5.04. The molecule has 2 aromatic carbocycles. The molecule has 1 heterocycles. The SMILES string of the molecule is CCCC(=O)Nc1cc(-c2nc3ccccc3[nH]2)ccc1Cl.Cl. The Kier molecular flexibility index (Phi) is 5.64. The van der Waals surface area contributed by atoms with Gasteiger partial charge in [0.2, 0.25) is 5.91 Å². The van der Waals surface area contributed by atoms with Crippen molar-refractivity contribution in [1.29, 1.82) is 0 Å². The van der Waals surface area contributed by atoms with Gasteiger partial charge in [-0.3, -0.25) is 4.79 Å². The standard InChI is InChI=1S/C17H16ClN3O.ClH/c1-2-5-16(22)19-15-10-11(8-9-12(15)18)17-20-13-6-3-4-7-14(13)21-17;/h3-4,6-10H,2,5H2,1H3,(H,19,22)(H,20,21);1H. The van der Waals surface area contributed by atoms with E-state index in [-0.39, 0.29) is 18.3 Å². The highest BCUT2D eigenvalue weighted by molar-refractivity contribution is 6.33. The van der Waals surface area contributed by atoms with Crippen LogP contribution in [0.15, 0.2) is 42.5 Å². The molecule has 0 fully saturated rings. The third-order valence-corrected chi connectivity index (χ3v) is 3.71. The summed E-state index contributed by atoms with van der Waals surface area (Å²) in [5.41, 5.74) is 3.37. The number of aromatic nitrogens is 2. The van der Waals surface area contributed by atoms with E-state index in [1.54, 1.807) is 6.07 Å². The van der Waals surface area contributed by atoms with Gasteiger partial charge in [0, 0.05) is 12.0 Å². The van der Waals surface area contributed by atoms with Gasteiger partial charge < -0.3 is 10.3 Å². The Balaban J connectivity index is 0.00000192. The van der Waals surface area contributed by atoms with Gasteiger partial charge in [-0.1, -0.05) is 30.7 Å². The molecule has 6 heteroatoms. The van der Waals surface area contributed by atoms with Gasteiger partial charge in [-0.25, -0.2) is 4.98 Å². The van der Waals surface area contributed by atoms with Gasteiger partial charge in [0.25, 0.3) is 0 Å². The average Bonchev–Trinajstić information content (AvgIpc) is 2.93. The van der Waals surface area contributed by atoms with Crippen molar-refractivity contribution in [1.82, 2.24) is 9.97 Å². The second kappa shape index (κ2) is 7.49. The minimum absolute atomic E-state index is 0. The maximum Gasteiger partial charge on any atom is 0.224 e. The van der Waals surface area contributed by atoms with E-state index in [0.717, 1.165) is 28.8 Å². The molecule has 3 aromatic rings. The Hall–Kier alpha value is -2.04. The molecule has 1 amide bonds. The Morgan fingerprint density at radius 2 is 2.04 bits per heavy atom. The molecular formula is C17H17Cl2N3O. The van der Waals surface area contributed by atoms with Crippen LogP contribution in [0.5, 0.6) is 0 Å². The second-order valence-corrected chi connectivity index (χ2v) is 5.50. The van der Waals surface area contributed by atoms with E-state index in [4.69, 9.17) is 11.6 Å². The predicted molar refractivity (Wildman–Crippen MR) is 97.3 cm³/mol. The van der Waals surface area contributed by atoms with Gasteiger partial charge in [0.1, 0.15) is 5.82 Å². The number of nitrogens with one attached hydrogen (secondary N) is 2. The van der Waals surface area contributed by atoms with Gasteiger partial charge >= 0.3 is 0 Å². The second-order valence-electron chi connectivity index (χ2n) is 5.10. The van der Waals surface area contributed by atoms with Crippen molar-refractivity contribution in [2.24, 2.45) is 0 Å². The van der Waals surface area contributed by atoms with Crippen molar-refractivity contribution < 1.29 is 4.79 Å². The Morgan fingerprint density at radius 1 is 1.26 bits per heavy atom. The monoisotopic (exact) mass is 349 g/mol. The summed E-state index contributed by atoms with van der Waals surface area (Å²) < 4.78 is 0. The molecule has 0 radical (unpaired) electrons. The van der Waals surface area contributed by atoms with Gasteiger partial charge in [0.15, 0.2) is 0 Å². The van der Waals surface area contributed by atoms with Crippen molar-refractivity contribution in [2.75, 3.05) is 5.32 Å². The van der Waals surface area contributed by atoms with Gasteiger partial charge in [-0.05, 0) is 36.8 Å². The number of nitrogens with zero attached hydrogens (tertiary/aromatic N) is 1. The van der Waals surface area contributed by atoms with Crippen LogP contribution in [0, 0.1) is 0 Å². The molecule has 0 saturated carbocycles. The number of aromatic amines is 1. The number of carbonyl (C=O) groups is 1. The zero-order chi connectivity index (χ0) is 15.5. The molecule has 0 saturated heterocycles. The fourth-order valence-corrected chi connectivity index (χ4v) is 2.46. The largest absolute Gasteiger partial charge is 0.338 e. The van der Waals surface area contributed by atoms with Gasteiger partial charge in [-0.2, -0.15) is 0 Å². The molecule has 4 nitrogen and oxygen atoms in total. The highest BCUT2D eigenvalue weighted by Gasteiger charge is 2.10. The Morgan fingerprint density at radius 3 is 2.78 bits per heavy atom. The molecule has 0 aliphatic heterocycles. The lowest BCUT2D eigenvalue weighted by atomic mass is 10.2. The van der Waals surface area contributed by atoms with Crippen LogP contribution in [0.2, 0.25) is 5.02 Å². The van der Waals surface area contributed by atoms with Crippen molar-refractivity contribution >= 4 is 46.6 Å². The fraction of sp³-hybridized carbons (Fsp3) is 0.176. The quantitative estimate of drug-likeness (QED) is 0.692. The lowest BCUT2D eigenvalue weighted by Crippen LogP contribution is -2.11. The molecule has 2 N–H and O–H groups in total. The summed E-state index contributed by atoms with van der Waals surface area (Å²) >= 11 is 6.16. The van der Waals surface area contributed by atoms with E-state index in [2.05, 4.69) is 15.3 Å². The Labute approximate surface area is 145 Å². The molecule has 0 atom stereocenters. The van der Waals surface area contributed by atoms with Crippen LogP contribution in [-0.2, 0) is 4.79 Å². The first kappa shape index (κ1) is 17.3. The van der Waals surface area contributed by atoms with E-state index in [1.807, 2.05) is 43.3 Å². The summed E-state index contributed by atoms with van der Waals surface area (Å²) in [6.07, 6.45) is 1.28. The minimum atomic E-state index is -0.0360. The van der Waals surface area contributed by atoms with Crippen molar-refractivity contribution in [3.63, 3.8) is 0 Å². The maximum atomic E-state index is 11.8. The number of amides is 1. The normalized spacial score (nSPS) is 10.3. The zero-order valence-electron chi connectivity index (χ0n) is 12.6. The molecule has 23 heavy (non-hydrogen) atoms. The summed E-state index contributed by atoms with van der Waals surface area (Å²) in [4.78, 5) is 19.6. The summed E-state index contributed by atoms with van der Waals surface area (Å²) in [5.74, 6) is 0.718. The number of halogens is 2. The van der Waals surface area contributed by atoms with Crippen LogP contribution in [0.3, 0.4) is 0 Å². The molecule has 1 aromatic heterocycles. The molecule has 120 valence electrons. The van der Waals surface area contributed by atoms with E-state index in [1.165, 1.54) is 0 Å². The van der Waals surface area contributed by atoms with Crippen LogP contribution in [0.4, 0.5) is 5.69 Å². The molecule has 0 spiro atoms. The molecule has 0 aliphatic rings. The third kappa shape index (κ3) is 3.84. The van der Waals surface area contributed by atoms with E-state index < -0.39 is 0 Å². The highest BCUT2D eigenvalue weighted by Crippen LogP contribution is 2.28. The summed E-state index contributed by atoms with van der Waals surface area (Å²) in [7, 11) is 0. The first-order valence-corrected chi connectivity index (χ1v) is 7.59. The van der Waals surface area contributed by atoms with E-state index in [9.17, 15) is 4.79 Å². The number of rotatable bonds is 4. The van der Waals surface area contributed by atoms with Gasteiger partial charge in [0.05, 0.1) is 21.7 Å². The maximum absolute atomic E-state index is 11.8. The number of anilines is 1. The minimum Gasteiger partial charge on any atom is -0.338 e. The van der Waals surface area contributed by atoms with Crippen LogP contribution in [0.1, 0.15) is 19.8 Å². The van der Waals surface area contributed by atoms with Crippen LogP contribution in [0.25, 0.3) is 22.4 Å². The van der Waals surface area contributed by atoms with Crippen molar-refractivity contribution in [2.45, 2.75) is 19.8 Å². The number of fused-ring (bicyclic) bond motifs is 1. The number of carbonyl (C=O) groups excluding carboxylic acids is 1. The van der Waals surface area contributed by atoms with Gasteiger partial charge in [-0.15, -0.1) is 12.4 Å². The third-order valence-electron chi connectivity index (χ3n) is 3.38. The number of para-hydroxylation sites is 2. The van der Waals surface area contributed by atoms with Crippen molar-refractivity contribution in [3.05, 3.63) is 47.5 Å². The van der Waals surface area contributed by atoms with Crippen LogP contribution in [-0.4, -0.2) is 15.9 Å². The fourth-order valence-electron chi connectivity index (χ4n) is 2.30. The highest BCUT2D eigenvalue weighted by atomic mass is 35.5. The molecular weight excluding hydrogens is 333 g/mol. The molecule has 0 aliphatic carbocycles. The van der Waals surface area contributed by atoms with Crippen LogP contribution >= 0.6 is 24.0 Å². The summed E-state index contributed by atoms with van der Waals surface area (Å²) in [6, 6.07) is 13.3. The van der Waals surface area contributed by atoms with E-state index in [0.29, 0.717) is 17.1 Å². The lowest BCUT2D eigenvalue weighted by Gasteiger charge is -2.08. The van der Waals surface area contributed by atoms with E-state index >= 15 is 0 Å². The number of H-pyrrole nitrogens is 1. The molecule has 0 bridgehead atoms. The molecule has 3 rings (SSSR count). The number of hydrogen-bond donors (Lipinski definition) is 2. The first-order chi connectivity index (χ1) is 10.7. The summed E-state index contributed by atoms with van der Waals surface area (Å²) in [5, 5.41) is 3.36. The molecule has 0 unspecified atom stereocenters. The number of hydrogen-bond acceptors (Lipinski definition) is 2. The first-order valence-electron chi connectivity index (χ1n) is 7.22.